The first kappa shape index (κ1) is 17.6. The molecule has 24 heavy (non-hydrogen) atoms. The Bertz CT molecular complexity index is 750. The van der Waals surface area contributed by atoms with Crippen LogP contribution in [0.25, 0.3) is 0 Å². The molecule has 0 atom stereocenters. The summed E-state index contributed by atoms with van der Waals surface area (Å²) in [7, 11) is 1.52. The van der Waals surface area contributed by atoms with Crippen LogP contribution >= 0.6 is 11.6 Å². The lowest BCUT2D eigenvalue weighted by Crippen LogP contribution is -2.24. The molecule has 0 saturated heterocycles. The number of anilines is 2. The van der Waals surface area contributed by atoms with Crippen LogP contribution in [0.1, 0.15) is 5.56 Å². The molecule has 0 bridgehead atoms. The molecule has 0 heterocycles. The highest BCUT2D eigenvalue weighted by Gasteiger charge is 2.06. The number of nitrogens with one attached hydrogen (secondary N) is 3. The van der Waals surface area contributed by atoms with E-state index >= 15 is 0 Å². The highest BCUT2D eigenvalue weighted by Crippen LogP contribution is 2.21. The largest absolute Gasteiger partial charge is 0.484 e. The summed E-state index contributed by atoms with van der Waals surface area (Å²) in [4.78, 5) is 23.3. The van der Waals surface area contributed by atoms with Gasteiger partial charge in [0.15, 0.2) is 6.61 Å². The zero-order valence-electron chi connectivity index (χ0n) is 13.4. The van der Waals surface area contributed by atoms with Crippen LogP contribution in [-0.4, -0.2) is 25.6 Å². The number of carbonyl (C=O) groups is 2. The number of hydrogen-bond acceptors (Lipinski definition) is 3. The second kappa shape index (κ2) is 8.21. The Morgan fingerprint density at radius 1 is 1.08 bits per heavy atom. The molecule has 0 aliphatic rings. The maximum atomic E-state index is 12.0. The van der Waals surface area contributed by atoms with Crippen molar-refractivity contribution in [3.05, 3.63) is 53.1 Å². The van der Waals surface area contributed by atoms with Gasteiger partial charge >= 0.3 is 6.03 Å². The van der Waals surface area contributed by atoms with Crippen molar-refractivity contribution in [2.45, 2.75) is 6.92 Å². The van der Waals surface area contributed by atoms with Crippen molar-refractivity contribution in [3.63, 3.8) is 0 Å². The van der Waals surface area contributed by atoms with Gasteiger partial charge in [-0.3, -0.25) is 4.79 Å². The molecule has 2 rings (SSSR count). The van der Waals surface area contributed by atoms with Gasteiger partial charge in [0, 0.05) is 23.4 Å². The molecule has 0 aliphatic heterocycles. The summed E-state index contributed by atoms with van der Waals surface area (Å²) in [5.74, 6) is 0.266. The first-order valence-corrected chi connectivity index (χ1v) is 7.63. The molecule has 0 fully saturated rings. The monoisotopic (exact) mass is 347 g/mol. The van der Waals surface area contributed by atoms with E-state index in [1.165, 1.54) is 7.05 Å². The number of halogens is 1. The van der Waals surface area contributed by atoms with Crippen molar-refractivity contribution >= 4 is 34.9 Å². The zero-order chi connectivity index (χ0) is 17.5. The maximum Gasteiger partial charge on any atom is 0.318 e. The zero-order valence-corrected chi connectivity index (χ0v) is 14.1. The van der Waals surface area contributed by atoms with E-state index in [1.807, 2.05) is 6.92 Å². The molecule has 0 aliphatic carbocycles. The fourth-order valence-corrected chi connectivity index (χ4v) is 2.04. The Labute approximate surface area is 145 Å². The molecule has 0 spiro atoms. The van der Waals surface area contributed by atoms with Crippen LogP contribution in [0.2, 0.25) is 5.02 Å². The second-order valence-corrected chi connectivity index (χ2v) is 5.44. The molecule has 6 nitrogen and oxygen atoms in total. The summed E-state index contributed by atoms with van der Waals surface area (Å²) >= 11 is 5.94. The van der Waals surface area contributed by atoms with Crippen molar-refractivity contribution in [2.24, 2.45) is 0 Å². The Morgan fingerprint density at radius 3 is 2.46 bits per heavy atom. The van der Waals surface area contributed by atoms with Crippen LogP contribution in [0.15, 0.2) is 42.5 Å². The van der Waals surface area contributed by atoms with Crippen molar-refractivity contribution in [3.8, 4) is 5.75 Å². The molecular formula is C17H18ClN3O3. The van der Waals surface area contributed by atoms with Gasteiger partial charge in [-0.05, 0) is 48.9 Å². The van der Waals surface area contributed by atoms with Gasteiger partial charge in [-0.15, -0.1) is 0 Å². The molecule has 7 heteroatoms. The molecule has 2 aromatic carbocycles. The van der Waals surface area contributed by atoms with E-state index in [0.717, 1.165) is 5.56 Å². The van der Waals surface area contributed by atoms with Gasteiger partial charge < -0.3 is 20.7 Å². The number of aryl methyl sites for hydroxylation is 1. The number of benzene rings is 2. The number of carbonyl (C=O) groups excluding carboxylic acids is 2. The molecule has 2 aromatic rings. The van der Waals surface area contributed by atoms with Gasteiger partial charge in [0.2, 0.25) is 0 Å². The van der Waals surface area contributed by atoms with Crippen LogP contribution < -0.4 is 20.7 Å². The first-order chi connectivity index (χ1) is 11.5. The van der Waals surface area contributed by atoms with E-state index in [4.69, 9.17) is 16.3 Å². The number of hydrogen-bond donors (Lipinski definition) is 3. The fourth-order valence-electron chi connectivity index (χ4n) is 1.92. The third kappa shape index (κ3) is 5.17. The molecule has 0 saturated carbocycles. The van der Waals surface area contributed by atoms with E-state index in [-0.39, 0.29) is 18.5 Å². The molecule has 0 aromatic heterocycles. The van der Waals surface area contributed by atoms with E-state index in [2.05, 4.69) is 16.0 Å². The van der Waals surface area contributed by atoms with Crippen LogP contribution in [0.3, 0.4) is 0 Å². The summed E-state index contributed by atoms with van der Waals surface area (Å²) in [5, 5.41) is 8.44. The van der Waals surface area contributed by atoms with Gasteiger partial charge in [0.1, 0.15) is 5.75 Å². The van der Waals surface area contributed by atoms with Gasteiger partial charge in [-0.1, -0.05) is 17.7 Å². The van der Waals surface area contributed by atoms with Crippen LogP contribution in [0, 0.1) is 6.92 Å². The second-order valence-electron chi connectivity index (χ2n) is 5.03. The molecule has 126 valence electrons. The Balaban J connectivity index is 1.91. The van der Waals surface area contributed by atoms with Crippen molar-refractivity contribution < 1.29 is 14.3 Å². The summed E-state index contributed by atoms with van der Waals surface area (Å²) in [6.07, 6.45) is 0. The van der Waals surface area contributed by atoms with Gasteiger partial charge in [-0.25, -0.2) is 4.79 Å². The summed E-state index contributed by atoms with van der Waals surface area (Å²) in [6, 6.07) is 11.7. The van der Waals surface area contributed by atoms with Crippen LogP contribution in [0.5, 0.6) is 5.75 Å². The minimum atomic E-state index is -0.333. The average Bonchev–Trinajstić information content (AvgIpc) is 2.56. The number of ether oxygens (including phenoxy) is 1. The molecular weight excluding hydrogens is 330 g/mol. The third-order valence-corrected chi connectivity index (χ3v) is 3.55. The standard InChI is InChI=1S/C17H18ClN3O3/c1-11-8-14(6-7-15(11)18)24-10-16(22)20-12-4-3-5-13(9-12)21-17(23)19-2/h3-9H,10H2,1-2H3,(H,20,22)(H2,19,21,23). The van der Waals surface area contributed by atoms with E-state index < -0.39 is 0 Å². The van der Waals surface area contributed by atoms with Gasteiger partial charge in [0.25, 0.3) is 5.91 Å². The lowest BCUT2D eigenvalue weighted by atomic mass is 10.2. The lowest BCUT2D eigenvalue weighted by Gasteiger charge is -2.10. The van der Waals surface area contributed by atoms with Crippen molar-refractivity contribution in [1.29, 1.82) is 0 Å². The predicted octanol–water partition coefficient (Wildman–Crippen LogP) is 3.42. The molecule has 3 amide bonds. The Hall–Kier alpha value is -2.73. The maximum absolute atomic E-state index is 12.0. The SMILES string of the molecule is CNC(=O)Nc1cccc(NC(=O)COc2ccc(Cl)c(C)c2)c1. The normalized spacial score (nSPS) is 9.96. The summed E-state index contributed by atoms with van der Waals surface area (Å²) < 4.78 is 5.44. The third-order valence-electron chi connectivity index (χ3n) is 3.13. The lowest BCUT2D eigenvalue weighted by molar-refractivity contribution is -0.118. The highest BCUT2D eigenvalue weighted by atomic mass is 35.5. The fraction of sp³-hybridized carbons (Fsp3) is 0.176. The molecule has 0 unspecified atom stereocenters. The predicted molar refractivity (Wildman–Crippen MR) is 94.8 cm³/mol. The van der Waals surface area contributed by atoms with Crippen LogP contribution in [0.4, 0.5) is 16.2 Å². The Morgan fingerprint density at radius 2 is 1.79 bits per heavy atom. The van der Waals surface area contributed by atoms with Crippen molar-refractivity contribution in [2.75, 3.05) is 24.3 Å². The highest BCUT2D eigenvalue weighted by molar-refractivity contribution is 6.31. The number of amides is 3. The van der Waals surface area contributed by atoms with Gasteiger partial charge in [-0.2, -0.15) is 0 Å². The van der Waals surface area contributed by atoms with Crippen LogP contribution in [-0.2, 0) is 4.79 Å². The average molecular weight is 348 g/mol. The van der Waals surface area contributed by atoms with E-state index in [1.54, 1.807) is 42.5 Å². The van der Waals surface area contributed by atoms with Gasteiger partial charge in [0.05, 0.1) is 0 Å². The topological polar surface area (TPSA) is 79.5 Å². The molecule has 3 N–H and O–H groups in total. The quantitative estimate of drug-likeness (QED) is 0.775. The molecule has 0 radical (unpaired) electrons. The Kier molecular flexibility index (Phi) is 6.03. The van der Waals surface area contributed by atoms with E-state index in [0.29, 0.717) is 22.1 Å². The smallest absolute Gasteiger partial charge is 0.318 e. The number of urea groups is 1. The number of rotatable bonds is 5. The minimum absolute atomic E-state index is 0.131. The van der Waals surface area contributed by atoms with Crippen molar-refractivity contribution in [1.82, 2.24) is 5.32 Å². The minimum Gasteiger partial charge on any atom is -0.484 e. The van der Waals surface area contributed by atoms with E-state index in [9.17, 15) is 9.59 Å². The summed E-state index contributed by atoms with van der Waals surface area (Å²) in [6.45, 7) is 1.73. The first-order valence-electron chi connectivity index (χ1n) is 7.25. The summed E-state index contributed by atoms with van der Waals surface area (Å²) in [5.41, 5.74) is 2.01.